The van der Waals surface area contributed by atoms with Crippen LogP contribution < -0.4 is 16.1 Å². The number of fused-ring (bicyclic) bond motifs is 1. The number of nitrogens with zero attached hydrogens (tertiary/aromatic N) is 6. The van der Waals surface area contributed by atoms with E-state index in [1.165, 1.54) is 17.3 Å². The largest absolute Gasteiger partial charge is 0.390 e. The topological polar surface area (TPSA) is 86.7 Å². The van der Waals surface area contributed by atoms with Gasteiger partial charge in [-0.25, -0.2) is 9.78 Å². The Morgan fingerprint density at radius 1 is 1.10 bits per heavy atom. The Kier molecular flexibility index (Phi) is 5.19. The lowest BCUT2D eigenvalue weighted by Crippen LogP contribution is -2.37. The number of rotatable bonds is 6. The van der Waals surface area contributed by atoms with E-state index in [0.29, 0.717) is 24.1 Å². The van der Waals surface area contributed by atoms with Crippen LogP contribution in [0.1, 0.15) is 25.8 Å². The smallest absolute Gasteiger partial charge is 0.332 e. The van der Waals surface area contributed by atoms with Crippen LogP contribution in [0.4, 0.5) is 5.69 Å². The molecule has 4 rings (SSSR count). The SMILES string of the molecule is CCN(CC)c1ccc(C2=NOC(Cn3cnc4c3c(=O)n(C)c(=O)n4C)C2)cc1. The normalized spacial score (nSPS) is 16.0. The van der Waals surface area contributed by atoms with Crippen molar-refractivity contribution in [2.24, 2.45) is 19.3 Å². The summed E-state index contributed by atoms with van der Waals surface area (Å²) in [5.74, 6) is 0. The molecular formula is C21H26N6O3. The maximum atomic E-state index is 12.6. The summed E-state index contributed by atoms with van der Waals surface area (Å²) < 4.78 is 4.21. The molecule has 1 atom stereocenters. The molecule has 1 aliphatic rings. The lowest BCUT2D eigenvalue weighted by atomic mass is 10.0. The fourth-order valence-corrected chi connectivity index (χ4v) is 3.90. The monoisotopic (exact) mass is 410 g/mol. The van der Waals surface area contributed by atoms with Gasteiger partial charge in [-0.3, -0.25) is 13.9 Å². The minimum absolute atomic E-state index is 0.207. The van der Waals surface area contributed by atoms with Crippen LogP contribution in [0.5, 0.6) is 0 Å². The zero-order chi connectivity index (χ0) is 21.4. The van der Waals surface area contributed by atoms with Crippen LogP contribution >= 0.6 is 0 Å². The van der Waals surface area contributed by atoms with Gasteiger partial charge in [0.1, 0.15) is 0 Å². The minimum Gasteiger partial charge on any atom is -0.390 e. The van der Waals surface area contributed by atoms with E-state index in [0.717, 1.165) is 28.9 Å². The van der Waals surface area contributed by atoms with E-state index in [1.54, 1.807) is 17.9 Å². The number of oxime groups is 1. The van der Waals surface area contributed by atoms with Crippen LogP contribution in [0.3, 0.4) is 0 Å². The number of benzene rings is 1. The average molecular weight is 410 g/mol. The van der Waals surface area contributed by atoms with Crippen molar-refractivity contribution in [1.29, 1.82) is 0 Å². The standard InChI is InChI=1S/C21H26N6O3/c1-5-26(6-2)15-9-7-14(8-10-15)17-11-16(30-23-17)12-27-13-22-19-18(27)20(28)25(4)21(29)24(19)3/h7-10,13,16H,5-6,11-12H2,1-4H3. The molecule has 0 radical (unpaired) electrons. The predicted octanol–water partition coefficient (Wildman–Crippen LogP) is 1.47. The van der Waals surface area contributed by atoms with Crippen molar-refractivity contribution >= 4 is 22.6 Å². The first-order valence-corrected chi connectivity index (χ1v) is 10.1. The molecule has 0 amide bonds. The van der Waals surface area contributed by atoms with Crippen molar-refractivity contribution in [3.8, 4) is 0 Å². The number of hydrogen-bond donors (Lipinski definition) is 0. The fourth-order valence-electron chi connectivity index (χ4n) is 3.90. The molecule has 1 aliphatic heterocycles. The second kappa shape index (κ2) is 7.81. The third-order valence-corrected chi connectivity index (χ3v) is 5.68. The Morgan fingerprint density at radius 2 is 1.80 bits per heavy atom. The van der Waals surface area contributed by atoms with Gasteiger partial charge in [-0.1, -0.05) is 17.3 Å². The highest BCUT2D eigenvalue weighted by atomic mass is 16.6. The lowest BCUT2D eigenvalue weighted by molar-refractivity contribution is 0.0733. The van der Waals surface area contributed by atoms with Crippen molar-refractivity contribution in [3.63, 3.8) is 0 Å². The molecule has 0 N–H and O–H groups in total. The zero-order valence-corrected chi connectivity index (χ0v) is 17.7. The molecule has 1 aromatic carbocycles. The minimum atomic E-state index is -0.395. The molecule has 0 saturated heterocycles. The number of anilines is 1. The van der Waals surface area contributed by atoms with Gasteiger partial charge in [0.15, 0.2) is 17.3 Å². The highest BCUT2D eigenvalue weighted by Gasteiger charge is 2.24. The van der Waals surface area contributed by atoms with E-state index >= 15 is 0 Å². The molecule has 158 valence electrons. The summed E-state index contributed by atoms with van der Waals surface area (Å²) in [5, 5.41) is 4.27. The molecule has 2 aromatic heterocycles. The Labute approximate surface area is 173 Å². The molecule has 1 unspecified atom stereocenters. The molecule has 3 aromatic rings. The van der Waals surface area contributed by atoms with Gasteiger partial charge in [0.2, 0.25) is 0 Å². The Morgan fingerprint density at radius 3 is 2.47 bits per heavy atom. The van der Waals surface area contributed by atoms with Crippen molar-refractivity contribution in [2.75, 3.05) is 18.0 Å². The van der Waals surface area contributed by atoms with Crippen LogP contribution in [-0.2, 0) is 25.5 Å². The second-order valence-electron chi connectivity index (χ2n) is 7.46. The van der Waals surface area contributed by atoms with Gasteiger partial charge < -0.3 is 14.3 Å². The first kappa shape index (κ1) is 19.9. The van der Waals surface area contributed by atoms with E-state index in [9.17, 15) is 9.59 Å². The molecule has 0 aliphatic carbocycles. The summed E-state index contributed by atoms with van der Waals surface area (Å²) in [6, 6.07) is 8.34. The maximum Gasteiger partial charge on any atom is 0.332 e. The van der Waals surface area contributed by atoms with Gasteiger partial charge in [-0.15, -0.1) is 0 Å². The summed E-state index contributed by atoms with van der Waals surface area (Å²) >= 11 is 0. The Hall–Kier alpha value is -3.36. The van der Waals surface area contributed by atoms with Crippen molar-refractivity contribution < 1.29 is 4.84 Å². The van der Waals surface area contributed by atoms with Gasteiger partial charge in [-0.05, 0) is 31.5 Å². The van der Waals surface area contributed by atoms with Crippen LogP contribution in [0, 0.1) is 0 Å². The molecular weight excluding hydrogens is 384 g/mol. The first-order chi connectivity index (χ1) is 14.4. The summed E-state index contributed by atoms with van der Waals surface area (Å²) in [5.41, 5.74) is 3.10. The quantitative estimate of drug-likeness (QED) is 0.614. The Bertz CT molecular complexity index is 1210. The molecule has 0 spiro atoms. The first-order valence-electron chi connectivity index (χ1n) is 10.1. The van der Waals surface area contributed by atoms with Crippen molar-refractivity contribution in [1.82, 2.24) is 18.7 Å². The summed E-state index contributed by atoms with van der Waals surface area (Å²) in [7, 11) is 3.08. The number of aryl methyl sites for hydroxylation is 1. The van der Waals surface area contributed by atoms with Gasteiger partial charge in [0.05, 0.1) is 18.6 Å². The number of hydrogen-bond acceptors (Lipinski definition) is 6. The highest BCUT2D eigenvalue weighted by molar-refractivity contribution is 6.01. The average Bonchev–Trinajstić information content (AvgIpc) is 3.40. The number of aromatic nitrogens is 4. The van der Waals surface area contributed by atoms with E-state index in [2.05, 4.69) is 53.2 Å². The summed E-state index contributed by atoms with van der Waals surface area (Å²) in [6.45, 7) is 6.63. The van der Waals surface area contributed by atoms with E-state index in [-0.39, 0.29) is 11.7 Å². The summed E-state index contributed by atoms with van der Waals surface area (Å²) in [4.78, 5) is 36.9. The lowest BCUT2D eigenvalue weighted by Gasteiger charge is -2.21. The van der Waals surface area contributed by atoms with Gasteiger partial charge in [0.25, 0.3) is 5.56 Å². The molecule has 9 heteroatoms. The maximum absolute atomic E-state index is 12.6. The molecule has 3 heterocycles. The third kappa shape index (κ3) is 3.30. The zero-order valence-electron chi connectivity index (χ0n) is 17.7. The number of imidazole rings is 1. The molecule has 9 nitrogen and oxygen atoms in total. The van der Waals surface area contributed by atoms with Crippen LogP contribution in [0.2, 0.25) is 0 Å². The van der Waals surface area contributed by atoms with E-state index in [4.69, 9.17) is 4.84 Å². The molecule has 0 bridgehead atoms. The van der Waals surface area contributed by atoms with E-state index in [1.807, 2.05) is 0 Å². The Balaban J connectivity index is 1.52. The molecule has 0 fully saturated rings. The van der Waals surface area contributed by atoms with Crippen LogP contribution in [-0.4, -0.2) is 43.6 Å². The van der Waals surface area contributed by atoms with Gasteiger partial charge in [-0.2, -0.15) is 0 Å². The molecule has 0 saturated carbocycles. The fraction of sp³-hybridized carbons (Fsp3) is 0.429. The van der Waals surface area contributed by atoms with E-state index < -0.39 is 5.69 Å². The third-order valence-electron chi connectivity index (χ3n) is 5.68. The highest BCUT2D eigenvalue weighted by Crippen LogP contribution is 2.22. The predicted molar refractivity (Wildman–Crippen MR) is 116 cm³/mol. The molecule has 30 heavy (non-hydrogen) atoms. The van der Waals surface area contributed by atoms with Gasteiger partial charge in [0, 0.05) is 39.3 Å². The van der Waals surface area contributed by atoms with Crippen molar-refractivity contribution in [3.05, 3.63) is 57.0 Å². The van der Waals surface area contributed by atoms with Gasteiger partial charge >= 0.3 is 5.69 Å². The second-order valence-corrected chi connectivity index (χ2v) is 7.46. The summed E-state index contributed by atoms with van der Waals surface area (Å²) in [6.07, 6.45) is 2.00. The van der Waals surface area contributed by atoms with Crippen LogP contribution in [0.15, 0.2) is 45.3 Å². The van der Waals surface area contributed by atoms with Crippen LogP contribution in [0.25, 0.3) is 11.2 Å². The van der Waals surface area contributed by atoms with Crippen molar-refractivity contribution in [2.45, 2.75) is 32.9 Å².